The molecule has 3 rings (SSSR count). The standard InChI is InChI=1S/C15H17N3O3S/c19-15(16-5-8-17-6-1-2-7-17)14-10-11-9-12(18(20)21)3-4-13(11)22-14/h3-4,9-10H,1-2,5-8H2,(H,16,19). The summed E-state index contributed by atoms with van der Waals surface area (Å²) in [7, 11) is 0. The Hall–Kier alpha value is -1.99. The molecule has 0 radical (unpaired) electrons. The molecule has 6 nitrogen and oxygen atoms in total. The molecule has 1 aromatic heterocycles. The summed E-state index contributed by atoms with van der Waals surface area (Å²) in [4.78, 5) is 25.4. The van der Waals surface area contributed by atoms with Gasteiger partial charge in [0.15, 0.2) is 0 Å². The van der Waals surface area contributed by atoms with Gasteiger partial charge in [0, 0.05) is 35.3 Å². The molecule has 1 N–H and O–H groups in total. The third kappa shape index (κ3) is 3.26. The van der Waals surface area contributed by atoms with Crippen LogP contribution in [0.3, 0.4) is 0 Å². The van der Waals surface area contributed by atoms with E-state index in [1.54, 1.807) is 12.1 Å². The van der Waals surface area contributed by atoms with Crippen LogP contribution in [0.1, 0.15) is 22.5 Å². The molecule has 0 spiro atoms. The minimum atomic E-state index is -0.424. The maximum absolute atomic E-state index is 12.2. The molecule has 22 heavy (non-hydrogen) atoms. The Bertz CT molecular complexity index is 707. The number of nitrogens with one attached hydrogen (secondary N) is 1. The van der Waals surface area contributed by atoms with Gasteiger partial charge in [0.2, 0.25) is 0 Å². The van der Waals surface area contributed by atoms with Gasteiger partial charge in [-0.15, -0.1) is 11.3 Å². The van der Waals surface area contributed by atoms with Crippen molar-refractivity contribution in [3.63, 3.8) is 0 Å². The van der Waals surface area contributed by atoms with E-state index in [1.807, 2.05) is 0 Å². The molecule has 1 aromatic carbocycles. The zero-order chi connectivity index (χ0) is 15.5. The number of likely N-dealkylation sites (tertiary alicyclic amines) is 1. The fourth-order valence-electron chi connectivity index (χ4n) is 2.68. The van der Waals surface area contributed by atoms with Crippen LogP contribution in [0.4, 0.5) is 5.69 Å². The van der Waals surface area contributed by atoms with Gasteiger partial charge >= 0.3 is 0 Å². The number of nitrogens with zero attached hydrogens (tertiary/aromatic N) is 2. The maximum Gasteiger partial charge on any atom is 0.270 e. The first-order valence-corrected chi connectivity index (χ1v) is 8.14. The highest BCUT2D eigenvalue weighted by atomic mass is 32.1. The molecule has 1 amide bonds. The molecular formula is C15H17N3O3S. The number of hydrogen-bond donors (Lipinski definition) is 1. The first-order valence-electron chi connectivity index (χ1n) is 7.32. The van der Waals surface area contributed by atoms with Crippen LogP contribution in [0.5, 0.6) is 0 Å². The van der Waals surface area contributed by atoms with Crippen molar-refractivity contribution in [1.82, 2.24) is 10.2 Å². The second-order valence-electron chi connectivity index (χ2n) is 5.39. The summed E-state index contributed by atoms with van der Waals surface area (Å²) in [5, 5.41) is 14.4. The van der Waals surface area contributed by atoms with Gasteiger partial charge in [0.25, 0.3) is 11.6 Å². The predicted octanol–water partition coefficient (Wildman–Crippen LogP) is 2.64. The number of hydrogen-bond acceptors (Lipinski definition) is 5. The number of fused-ring (bicyclic) bond motifs is 1. The summed E-state index contributed by atoms with van der Waals surface area (Å²) in [6.07, 6.45) is 2.48. The Labute approximate surface area is 131 Å². The lowest BCUT2D eigenvalue weighted by Crippen LogP contribution is -2.33. The van der Waals surface area contributed by atoms with Gasteiger partial charge in [-0.25, -0.2) is 0 Å². The number of rotatable bonds is 5. The topological polar surface area (TPSA) is 75.5 Å². The van der Waals surface area contributed by atoms with Crippen molar-refractivity contribution >= 4 is 33.0 Å². The highest BCUT2D eigenvalue weighted by Crippen LogP contribution is 2.28. The lowest BCUT2D eigenvalue weighted by atomic mass is 10.2. The molecular weight excluding hydrogens is 302 g/mol. The Balaban J connectivity index is 1.64. The van der Waals surface area contributed by atoms with Gasteiger partial charge in [0.1, 0.15) is 0 Å². The highest BCUT2D eigenvalue weighted by Gasteiger charge is 2.14. The Kier molecular flexibility index (Phi) is 4.35. The van der Waals surface area contributed by atoms with Gasteiger partial charge in [-0.2, -0.15) is 0 Å². The zero-order valence-corrected chi connectivity index (χ0v) is 12.9. The second-order valence-corrected chi connectivity index (χ2v) is 6.48. The summed E-state index contributed by atoms with van der Waals surface area (Å²) >= 11 is 1.36. The summed E-state index contributed by atoms with van der Waals surface area (Å²) in [5.41, 5.74) is 0.0475. The van der Waals surface area contributed by atoms with Gasteiger partial charge in [0.05, 0.1) is 9.80 Å². The Morgan fingerprint density at radius 3 is 2.82 bits per heavy atom. The minimum Gasteiger partial charge on any atom is -0.350 e. The van der Waals surface area contributed by atoms with E-state index in [1.165, 1.54) is 36.3 Å². The van der Waals surface area contributed by atoms with E-state index in [-0.39, 0.29) is 11.6 Å². The smallest absolute Gasteiger partial charge is 0.270 e. The summed E-state index contributed by atoms with van der Waals surface area (Å²) in [6, 6.07) is 6.39. The molecule has 1 saturated heterocycles. The number of carbonyl (C=O) groups is 1. The van der Waals surface area contributed by atoms with Crippen molar-refractivity contribution in [2.45, 2.75) is 12.8 Å². The SMILES string of the molecule is O=C(NCCN1CCCC1)c1cc2cc([N+](=O)[O-])ccc2s1. The number of nitro benzene ring substituents is 1. The molecule has 2 heterocycles. The van der Waals surface area contributed by atoms with Crippen molar-refractivity contribution < 1.29 is 9.72 Å². The molecule has 0 unspecified atom stereocenters. The van der Waals surface area contributed by atoms with Crippen LogP contribution < -0.4 is 5.32 Å². The van der Waals surface area contributed by atoms with E-state index in [0.29, 0.717) is 11.4 Å². The van der Waals surface area contributed by atoms with E-state index >= 15 is 0 Å². The van der Waals surface area contributed by atoms with E-state index < -0.39 is 4.92 Å². The predicted molar refractivity (Wildman–Crippen MR) is 86.5 cm³/mol. The number of nitro groups is 1. The van der Waals surface area contributed by atoms with Crippen molar-refractivity contribution in [3.05, 3.63) is 39.3 Å². The average molecular weight is 319 g/mol. The lowest BCUT2D eigenvalue weighted by molar-refractivity contribution is -0.384. The van der Waals surface area contributed by atoms with Crippen LogP contribution in [0, 0.1) is 10.1 Å². The van der Waals surface area contributed by atoms with E-state index in [0.717, 1.165) is 29.7 Å². The van der Waals surface area contributed by atoms with Crippen molar-refractivity contribution in [1.29, 1.82) is 0 Å². The Morgan fingerprint density at radius 2 is 2.09 bits per heavy atom. The van der Waals surface area contributed by atoms with Gasteiger partial charge in [-0.05, 0) is 38.1 Å². The van der Waals surface area contributed by atoms with Crippen LogP contribution >= 0.6 is 11.3 Å². The average Bonchev–Trinajstić information content (AvgIpc) is 3.15. The van der Waals surface area contributed by atoms with Crippen molar-refractivity contribution in [2.75, 3.05) is 26.2 Å². The summed E-state index contributed by atoms with van der Waals surface area (Å²) in [6.45, 7) is 3.74. The molecule has 7 heteroatoms. The minimum absolute atomic E-state index is 0.0475. The molecule has 1 fully saturated rings. The third-order valence-electron chi connectivity index (χ3n) is 3.85. The Morgan fingerprint density at radius 1 is 1.32 bits per heavy atom. The normalized spacial score (nSPS) is 15.3. The first-order chi connectivity index (χ1) is 10.6. The van der Waals surface area contributed by atoms with Crippen LogP contribution in [0.2, 0.25) is 0 Å². The molecule has 1 aliphatic rings. The van der Waals surface area contributed by atoms with Gasteiger partial charge < -0.3 is 10.2 Å². The third-order valence-corrected chi connectivity index (χ3v) is 4.96. The maximum atomic E-state index is 12.2. The van der Waals surface area contributed by atoms with Crippen LogP contribution in [0.15, 0.2) is 24.3 Å². The van der Waals surface area contributed by atoms with Gasteiger partial charge in [-0.3, -0.25) is 14.9 Å². The molecule has 0 saturated carbocycles. The number of thiophene rings is 1. The molecule has 0 bridgehead atoms. The van der Waals surface area contributed by atoms with Crippen molar-refractivity contribution in [2.24, 2.45) is 0 Å². The molecule has 1 aliphatic heterocycles. The zero-order valence-electron chi connectivity index (χ0n) is 12.1. The highest BCUT2D eigenvalue weighted by molar-refractivity contribution is 7.20. The number of amides is 1. The second kappa shape index (κ2) is 6.41. The lowest BCUT2D eigenvalue weighted by Gasteiger charge is -2.14. The van der Waals surface area contributed by atoms with Crippen LogP contribution in [-0.4, -0.2) is 41.9 Å². The quantitative estimate of drug-likeness (QED) is 0.679. The first kappa shape index (κ1) is 14.9. The number of non-ortho nitro benzene ring substituents is 1. The monoisotopic (exact) mass is 319 g/mol. The van der Waals surface area contributed by atoms with Crippen LogP contribution in [-0.2, 0) is 0 Å². The summed E-state index contributed by atoms with van der Waals surface area (Å²) in [5.74, 6) is -0.108. The van der Waals surface area contributed by atoms with Crippen LogP contribution in [0.25, 0.3) is 10.1 Å². The largest absolute Gasteiger partial charge is 0.350 e. The molecule has 0 aliphatic carbocycles. The van der Waals surface area contributed by atoms with Crippen molar-refractivity contribution in [3.8, 4) is 0 Å². The number of benzene rings is 1. The molecule has 2 aromatic rings. The fourth-order valence-corrected chi connectivity index (χ4v) is 3.64. The molecule has 116 valence electrons. The van der Waals surface area contributed by atoms with E-state index in [2.05, 4.69) is 10.2 Å². The summed E-state index contributed by atoms with van der Waals surface area (Å²) < 4.78 is 0.885. The van der Waals surface area contributed by atoms with Gasteiger partial charge in [-0.1, -0.05) is 0 Å². The van der Waals surface area contributed by atoms with E-state index in [9.17, 15) is 14.9 Å². The van der Waals surface area contributed by atoms with E-state index in [4.69, 9.17) is 0 Å². The molecule has 0 atom stereocenters. The fraction of sp³-hybridized carbons (Fsp3) is 0.400. The number of carbonyl (C=O) groups excluding carboxylic acids is 1.